The van der Waals surface area contributed by atoms with Crippen LogP contribution in [0.5, 0.6) is 0 Å². The summed E-state index contributed by atoms with van der Waals surface area (Å²) in [5.41, 5.74) is 4.12. The van der Waals surface area contributed by atoms with Crippen LogP contribution in [-0.2, 0) is 6.54 Å². The van der Waals surface area contributed by atoms with Crippen molar-refractivity contribution in [2.24, 2.45) is 0 Å². The highest BCUT2D eigenvalue weighted by molar-refractivity contribution is 5.66. The molecule has 4 rings (SSSR count). The molecule has 1 aliphatic rings. The van der Waals surface area contributed by atoms with Crippen molar-refractivity contribution < 1.29 is 5.11 Å². The minimum absolute atomic E-state index is 0.132. The van der Waals surface area contributed by atoms with Gasteiger partial charge in [-0.2, -0.15) is 0 Å². The summed E-state index contributed by atoms with van der Waals surface area (Å²) >= 11 is 0. The summed E-state index contributed by atoms with van der Waals surface area (Å²) < 4.78 is 2.15. The third-order valence-electron chi connectivity index (χ3n) is 5.17. The van der Waals surface area contributed by atoms with Gasteiger partial charge in [-0.1, -0.05) is 49.2 Å². The number of nitrogens with one attached hydrogen (secondary N) is 1. The molecule has 0 saturated heterocycles. The van der Waals surface area contributed by atoms with Crippen LogP contribution in [0.3, 0.4) is 0 Å². The Labute approximate surface area is 142 Å². The van der Waals surface area contributed by atoms with Gasteiger partial charge in [0.25, 0.3) is 0 Å². The first kappa shape index (κ1) is 15.4. The predicted molar refractivity (Wildman–Crippen MR) is 95.8 cm³/mol. The molecular formula is C20H23N3O. The first-order valence-corrected chi connectivity index (χ1v) is 8.69. The zero-order valence-electron chi connectivity index (χ0n) is 13.8. The lowest BCUT2D eigenvalue weighted by atomic mass is 9.98. The molecule has 1 fully saturated rings. The van der Waals surface area contributed by atoms with E-state index in [1.165, 1.54) is 12.8 Å². The maximum atomic E-state index is 9.86. The summed E-state index contributed by atoms with van der Waals surface area (Å²) in [6, 6.07) is 16.4. The van der Waals surface area contributed by atoms with E-state index in [9.17, 15) is 5.11 Å². The van der Waals surface area contributed by atoms with Gasteiger partial charge in [0.1, 0.15) is 5.65 Å². The molecule has 1 saturated carbocycles. The normalized spacial score (nSPS) is 16.7. The highest BCUT2D eigenvalue weighted by Gasteiger charge is 2.33. The lowest BCUT2D eigenvalue weighted by Gasteiger charge is -2.28. The van der Waals surface area contributed by atoms with Crippen LogP contribution < -0.4 is 5.32 Å². The smallest absolute Gasteiger partial charge is 0.137 e. The van der Waals surface area contributed by atoms with Crippen LogP contribution in [0, 0.1) is 0 Å². The van der Waals surface area contributed by atoms with E-state index in [1.807, 2.05) is 36.4 Å². The summed E-state index contributed by atoms with van der Waals surface area (Å²) in [5, 5.41) is 13.5. The molecule has 0 amide bonds. The van der Waals surface area contributed by atoms with E-state index in [4.69, 9.17) is 4.98 Å². The molecule has 4 heteroatoms. The van der Waals surface area contributed by atoms with Gasteiger partial charge in [0.2, 0.25) is 0 Å². The Hall–Kier alpha value is -2.17. The van der Waals surface area contributed by atoms with E-state index in [1.54, 1.807) is 0 Å². The fourth-order valence-electron chi connectivity index (χ4n) is 3.76. The minimum Gasteiger partial charge on any atom is -0.394 e. The Morgan fingerprint density at radius 3 is 2.54 bits per heavy atom. The molecule has 0 radical (unpaired) electrons. The Kier molecular flexibility index (Phi) is 4.08. The summed E-state index contributed by atoms with van der Waals surface area (Å²) in [6.45, 7) is 0.903. The van der Waals surface area contributed by atoms with Crippen molar-refractivity contribution in [3.8, 4) is 11.3 Å². The van der Waals surface area contributed by atoms with E-state index in [2.05, 4.69) is 28.0 Å². The van der Waals surface area contributed by atoms with Crippen molar-refractivity contribution >= 4 is 5.65 Å². The molecule has 2 aromatic heterocycles. The van der Waals surface area contributed by atoms with Crippen LogP contribution in [0.25, 0.3) is 16.9 Å². The molecule has 124 valence electrons. The third-order valence-corrected chi connectivity index (χ3v) is 5.17. The van der Waals surface area contributed by atoms with E-state index in [-0.39, 0.29) is 12.1 Å². The molecule has 0 spiro atoms. The van der Waals surface area contributed by atoms with Crippen molar-refractivity contribution in [2.75, 3.05) is 6.61 Å². The highest BCUT2D eigenvalue weighted by atomic mass is 16.3. The maximum Gasteiger partial charge on any atom is 0.137 e. The molecule has 1 aliphatic carbocycles. The lowest BCUT2D eigenvalue weighted by Crippen LogP contribution is -2.45. The number of aliphatic hydroxyl groups excluding tert-OH is 1. The maximum absolute atomic E-state index is 9.86. The zero-order valence-corrected chi connectivity index (χ0v) is 13.8. The van der Waals surface area contributed by atoms with Gasteiger partial charge < -0.3 is 14.8 Å². The second-order valence-corrected chi connectivity index (χ2v) is 6.70. The lowest BCUT2D eigenvalue weighted by molar-refractivity contribution is 0.162. The SMILES string of the molecule is OCC1(NCc2c(-c3ccccc3)nc3ccccn23)CCCC1. The minimum atomic E-state index is -0.132. The number of benzene rings is 1. The van der Waals surface area contributed by atoms with Gasteiger partial charge in [0.15, 0.2) is 0 Å². The van der Waals surface area contributed by atoms with Crippen molar-refractivity contribution in [1.82, 2.24) is 14.7 Å². The quantitative estimate of drug-likeness (QED) is 0.757. The Morgan fingerprint density at radius 2 is 1.79 bits per heavy atom. The first-order chi connectivity index (χ1) is 11.8. The van der Waals surface area contributed by atoms with Crippen molar-refractivity contribution in [3.05, 3.63) is 60.4 Å². The van der Waals surface area contributed by atoms with Crippen molar-refractivity contribution in [1.29, 1.82) is 0 Å². The Bertz CT molecular complexity index is 819. The molecule has 0 unspecified atom stereocenters. The van der Waals surface area contributed by atoms with Gasteiger partial charge in [0.05, 0.1) is 18.0 Å². The van der Waals surface area contributed by atoms with Crippen molar-refractivity contribution in [2.45, 2.75) is 37.8 Å². The average molecular weight is 321 g/mol. The molecule has 0 aliphatic heterocycles. The second-order valence-electron chi connectivity index (χ2n) is 6.70. The topological polar surface area (TPSA) is 49.6 Å². The third kappa shape index (κ3) is 2.72. The molecule has 1 aromatic carbocycles. The summed E-state index contributed by atoms with van der Waals surface area (Å²) in [6.07, 6.45) is 6.52. The number of hydrogen-bond acceptors (Lipinski definition) is 3. The number of fused-ring (bicyclic) bond motifs is 1. The summed E-state index contributed by atoms with van der Waals surface area (Å²) in [7, 11) is 0. The van der Waals surface area contributed by atoms with Crippen LogP contribution in [0.2, 0.25) is 0 Å². The molecule has 0 atom stereocenters. The van der Waals surface area contributed by atoms with Gasteiger partial charge in [-0.3, -0.25) is 0 Å². The van der Waals surface area contributed by atoms with Gasteiger partial charge in [-0.05, 0) is 25.0 Å². The molecular weight excluding hydrogens is 298 g/mol. The molecule has 24 heavy (non-hydrogen) atoms. The number of nitrogens with zero attached hydrogens (tertiary/aromatic N) is 2. The fraction of sp³-hybridized carbons (Fsp3) is 0.350. The fourth-order valence-corrected chi connectivity index (χ4v) is 3.76. The van der Waals surface area contributed by atoms with E-state index >= 15 is 0 Å². The zero-order chi connectivity index (χ0) is 16.4. The van der Waals surface area contributed by atoms with Gasteiger partial charge in [0, 0.05) is 23.8 Å². The summed E-state index contributed by atoms with van der Waals surface area (Å²) in [5.74, 6) is 0. The molecule has 0 bridgehead atoms. The monoisotopic (exact) mass is 321 g/mol. The Balaban J connectivity index is 1.73. The van der Waals surface area contributed by atoms with Crippen molar-refractivity contribution in [3.63, 3.8) is 0 Å². The van der Waals surface area contributed by atoms with E-state index < -0.39 is 0 Å². The molecule has 3 aromatic rings. The number of aliphatic hydroxyl groups is 1. The van der Waals surface area contributed by atoms with Crippen LogP contribution in [0.4, 0.5) is 0 Å². The largest absolute Gasteiger partial charge is 0.394 e. The van der Waals surface area contributed by atoms with Crippen LogP contribution in [-0.4, -0.2) is 26.6 Å². The predicted octanol–water partition coefficient (Wildman–Crippen LogP) is 3.40. The van der Waals surface area contributed by atoms with Gasteiger partial charge >= 0.3 is 0 Å². The van der Waals surface area contributed by atoms with E-state index in [0.717, 1.165) is 35.4 Å². The van der Waals surface area contributed by atoms with Crippen LogP contribution >= 0.6 is 0 Å². The Morgan fingerprint density at radius 1 is 1.04 bits per heavy atom. The van der Waals surface area contributed by atoms with Gasteiger partial charge in [-0.15, -0.1) is 0 Å². The first-order valence-electron chi connectivity index (χ1n) is 8.69. The van der Waals surface area contributed by atoms with Gasteiger partial charge in [-0.25, -0.2) is 4.98 Å². The number of aromatic nitrogens is 2. The van der Waals surface area contributed by atoms with E-state index in [0.29, 0.717) is 6.54 Å². The second kappa shape index (κ2) is 6.38. The number of pyridine rings is 1. The standard InChI is InChI=1S/C20H23N3O/c24-15-20(11-5-6-12-20)21-14-17-19(16-8-2-1-3-9-16)22-18-10-4-7-13-23(17)18/h1-4,7-10,13,21,24H,5-6,11-12,14-15H2. The number of hydrogen-bond donors (Lipinski definition) is 2. The molecule has 2 N–H and O–H groups in total. The van der Waals surface area contributed by atoms with Crippen LogP contribution in [0.15, 0.2) is 54.7 Å². The summed E-state index contributed by atoms with van der Waals surface area (Å²) in [4.78, 5) is 4.84. The molecule has 2 heterocycles. The van der Waals surface area contributed by atoms with Crippen LogP contribution in [0.1, 0.15) is 31.4 Å². The average Bonchev–Trinajstić information content (AvgIpc) is 3.26. The number of rotatable bonds is 5. The molecule has 4 nitrogen and oxygen atoms in total. The highest BCUT2D eigenvalue weighted by Crippen LogP contribution is 2.31. The number of imidazole rings is 1.